The molecule has 0 aromatic heterocycles. The third-order valence-corrected chi connectivity index (χ3v) is 4.01. The average Bonchev–Trinajstić information content (AvgIpc) is 2.98. The molecule has 106 valence electrons. The van der Waals surface area contributed by atoms with Crippen LogP contribution in [0.25, 0.3) is 5.57 Å². The van der Waals surface area contributed by atoms with Crippen molar-refractivity contribution in [2.24, 2.45) is 0 Å². The van der Waals surface area contributed by atoms with Crippen molar-refractivity contribution in [2.75, 3.05) is 18.0 Å². The lowest BCUT2D eigenvalue weighted by Gasteiger charge is -2.18. The quantitative estimate of drug-likeness (QED) is 0.677. The molecule has 0 saturated carbocycles. The zero-order chi connectivity index (χ0) is 14.5. The first kappa shape index (κ1) is 14.6. The predicted molar refractivity (Wildman–Crippen MR) is 90.1 cm³/mol. The Labute approximate surface area is 123 Å². The van der Waals surface area contributed by atoms with Gasteiger partial charge >= 0.3 is 0 Å². The molecule has 1 fully saturated rings. The molecule has 0 radical (unpaired) electrons. The van der Waals surface area contributed by atoms with Crippen molar-refractivity contribution in [1.82, 2.24) is 0 Å². The van der Waals surface area contributed by atoms with Crippen molar-refractivity contribution in [3.63, 3.8) is 0 Å². The normalized spacial score (nSPS) is 14.8. The smallest absolute Gasteiger partial charge is 0.0372 e. The SMILES string of the molecule is C=C(/C=C\C(C)=C(C)C)c1cccc(N2CCCC2)c1. The van der Waals surface area contributed by atoms with Crippen LogP contribution < -0.4 is 4.90 Å². The molecule has 1 nitrogen and oxygen atoms in total. The number of hydrogen-bond donors (Lipinski definition) is 0. The topological polar surface area (TPSA) is 3.24 Å². The maximum absolute atomic E-state index is 4.20. The van der Waals surface area contributed by atoms with Gasteiger partial charge in [0.2, 0.25) is 0 Å². The van der Waals surface area contributed by atoms with Gasteiger partial charge in [-0.3, -0.25) is 0 Å². The number of benzene rings is 1. The van der Waals surface area contributed by atoms with Crippen molar-refractivity contribution >= 4 is 11.3 Å². The summed E-state index contributed by atoms with van der Waals surface area (Å²) in [5, 5.41) is 0. The highest BCUT2D eigenvalue weighted by molar-refractivity contribution is 5.75. The highest BCUT2D eigenvalue weighted by Gasteiger charge is 2.12. The number of hydrogen-bond acceptors (Lipinski definition) is 1. The Balaban J connectivity index is 2.14. The predicted octanol–water partition coefficient (Wildman–Crippen LogP) is 5.21. The number of allylic oxidation sites excluding steroid dienone is 5. The minimum absolute atomic E-state index is 1.08. The molecule has 1 heterocycles. The molecule has 1 heteroatoms. The van der Waals surface area contributed by atoms with E-state index in [4.69, 9.17) is 0 Å². The van der Waals surface area contributed by atoms with E-state index < -0.39 is 0 Å². The summed E-state index contributed by atoms with van der Waals surface area (Å²) >= 11 is 0. The lowest BCUT2D eigenvalue weighted by molar-refractivity contribution is 0.949. The van der Waals surface area contributed by atoms with Crippen LogP contribution in [-0.2, 0) is 0 Å². The molecular weight excluding hydrogens is 242 g/mol. The largest absolute Gasteiger partial charge is 0.372 e. The van der Waals surface area contributed by atoms with Crippen LogP contribution >= 0.6 is 0 Å². The zero-order valence-electron chi connectivity index (χ0n) is 12.9. The van der Waals surface area contributed by atoms with Crippen LogP contribution in [0.1, 0.15) is 39.2 Å². The fourth-order valence-corrected chi connectivity index (χ4v) is 2.37. The Morgan fingerprint density at radius 3 is 2.45 bits per heavy atom. The van der Waals surface area contributed by atoms with Gasteiger partial charge in [0.1, 0.15) is 0 Å². The first-order valence-electron chi connectivity index (χ1n) is 7.44. The van der Waals surface area contributed by atoms with E-state index >= 15 is 0 Å². The molecule has 20 heavy (non-hydrogen) atoms. The number of anilines is 1. The molecule has 0 aliphatic carbocycles. The molecule has 1 saturated heterocycles. The average molecular weight is 267 g/mol. The summed E-state index contributed by atoms with van der Waals surface area (Å²) in [5.41, 5.74) is 6.27. The second kappa shape index (κ2) is 6.60. The molecule has 2 rings (SSSR count). The van der Waals surface area contributed by atoms with Crippen molar-refractivity contribution in [3.05, 3.63) is 59.7 Å². The van der Waals surface area contributed by atoms with Gasteiger partial charge in [0.25, 0.3) is 0 Å². The Morgan fingerprint density at radius 2 is 1.80 bits per heavy atom. The Kier molecular flexibility index (Phi) is 4.84. The van der Waals surface area contributed by atoms with Crippen molar-refractivity contribution in [3.8, 4) is 0 Å². The second-order valence-electron chi connectivity index (χ2n) is 5.79. The third kappa shape index (κ3) is 3.63. The summed E-state index contributed by atoms with van der Waals surface area (Å²) in [7, 11) is 0. The molecule has 0 N–H and O–H groups in total. The standard InChI is InChI=1S/C19H25N/c1-15(2)16(3)10-11-17(4)18-8-7-9-19(14-18)20-12-5-6-13-20/h7-11,14H,4-6,12-13H2,1-3H3/b11-10-. The number of nitrogens with zero attached hydrogens (tertiary/aromatic N) is 1. The van der Waals surface area contributed by atoms with E-state index in [-0.39, 0.29) is 0 Å². The molecule has 1 aliphatic heterocycles. The third-order valence-electron chi connectivity index (χ3n) is 4.01. The van der Waals surface area contributed by atoms with Gasteiger partial charge in [0.05, 0.1) is 0 Å². The Hall–Kier alpha value is -1.76. The molecule has 0 bridgehead atoms. The molecule has 0 amide bonds. The molecule has 0 atom stereocenters. The minimum Gasteiger partial charge on any atom is -0.372 e. The van der Waals surface area contributed by atoms with Crippen molar-refractivity contribution < 1.29 is 0 Å². The summed E-state index contributed by atoms with van der Waals surface area (Å²) in [6.07, 6.45) is 6.89. The van der Waals surface area contributed by atoms with Crippen molar-refractivity contribution in [2.45, 2.75) is 33.6 Å². The molecule has 0 spiro atoms. The van der Waals surface area contributed by atoms with Gasteiger partial charge in [-0.05, 0) is 56.9 Å². The van der Waals surface area contributed by atoms with E-state index in [1.165, 1.54) is 48.3 Å². The second-order valence-corrected chi connectivity index (χ2v) is 5.79. The van der Waals surface area contributed by atoms with E-state index in [1.54, 1.807) is 0 Å². The van der Waals surface area contributed by atoms with Gasteiger partial charge in [0.15, 0.2) is 0 Å². The number of rotatable bonds is 4. The highest BCUT2D eigenvalue weighted by Crippen LogP contribution is 2.24. The fraction of sp³-hybridized carbons (Fsp3) is 0.368. The monoisotopic (exact) mass is 267 g/mol. The summed E-state index contributed by atoms with van der Waals surface area (Å²) in [6, 6.07) is 8.74. The summed E-state index contributed by atoms with van der Waals surface area (Å²) in [4.78, 5) is 2.46. The maximum atomic E-state index is 4.20. The summed E-state index contributed by atoms with van der Waals surface area (Å²) < 4.78 is 0. The van der Waals surface area contributed by atoms with Crippen LogP contribution in [-0.4, -0.2) is 13.1 Å². The zero-order valence-corrected chi connectivity index (χ0v) is 12.9. The van der Waals surface area contributed by atoms with Crippen LogP contribution in [0.3, 0.4) is 0 Å². The van der Waals surface area contributed by atoms with E-state index in [0.29, 0.717) is 0 Å². The Bertz CT molecular complexity index is 539. The molecule has 1 aliphatic rings. The highest BCUT2D eigenvalue weighted by atomic mass is 15.1. The Morgan fingerprint density at radius 1 is 1.10 bits per heavy atom. The lowest BCUT2D eigenvalue weighted by atomic mass is 10.0. The summed E-state index contributed by atoms with van der Waals surface area (Å²) in [5.74, 6) is 0. The van der Waals surface area contributed by atoms with Gasteiger partial charge in [0, 0.05) is 18.8 Å². The molecule has 1 aromatic rings. The van der Waals surface area contributed by atoms with Crippen LogP contribution in [0.5, 0.6) is 0 Å². The first-order chi connectivity index (χ1) is 9.58. The molecular formula is C19H25N. The van der Waals surface area contributed by atoms with Crippen LogP contribution in [0.2, 0.25) is 0 Å². The van der Waals surface area contributed by atoms with Gasteiger partial charge < -0.3 is 4.90 Å². The summed E-state index contributed by atoms with van der Waals surface area (Å²) in [6.45, 7) is 13.0. The van der Waals surface area contributed by atoms with E-state index in [0.717, 1.165) is 5.57 Å². The minimum atomic E-state index is 1.08. The van der Waals surface area contributed by atoms with Crippen LogP contribution in [0.15, 0.2) is 54.1 Å². The van der Waals surface area contributed by atoms with Crippen LogP contribution in [0.4, 0.5) is 5.69 Å². The maximum Gasteiger partial charge on any atom is 0.0372 e. The van der Waals surface area contributed by atoms with Gasteiger partial charge in [-0.15, -0.1) is 0 Å². The van der Waals surface area contributed by atoms with E-state index in [1.807, 2.05) is 0 Å². The molecule has 1 aromatic carbocycles. The molecule has 0 unspecified atom stereocenters. The van der Waals surface area contributed by atoms with Gasteiger partial charge in [-0.1, -0.05) is 42.0 Å². The lowest BCUT2D eigenvalue weighted by Crippen LogP contribution is -2.17. The van der Waals surface area contributed by atoms with E-state index in [2.05, 4.69) is 68.7 Å². The van der Waals surface area contributed by atoms with Crippen LogP contribution in [0, 0.1) is 0 Å². The fourth-order valence-electron chi connectivity index (χ4n) is 2.37. The van der Waals surface area contributed by atoms with Gasteiger partial charge in [-0.2, -0.15) is 0 Å². The van der Waals surface area contributed by atoms with Gasteiger partial charge in [-0.25, -0.2) is 0 Å². The first-order valence-corrected chi connectivity index (χ1v) is 7.44. The van der Waals surface area contributed by atoms with Crippen molar-refractivity contribution in [1.29, 1.82) is 0 Å². The van der Waals surface area contributed by atoms with E-state index in [9.17, 15) is 0 Å².